The molecule has 172 valence electrons. The van der Waals surface area contributed by atoms with Gasteiger partial charge in [-0.05, 0) is 49.2 Å². The Morgan fingerprint density at radius 2 is 1.79 bits per heavy atom. The van der Waals surface area contributed by atoms with Gasteiger partial charge in [-0.25, -0.2) is 0 Å². The lowest BCUT2D eigenvalue weighted by Gasteiger charge is -2.27. The van der Waals surface area contributed by atoms with Crippen LogP contribution in [0.25, 0.3) is 11.3 Å². The number of nitrogens with zero attached hydrogens (tertiary/aromatic N) is 3. The van der Waals surface area contributed by atoms with Gasteiger partial charge >= 0.3 is 0 Å². The van der Waals surface area contributed by atoms with Gasteiger partial charge in [0.1, 0.15) is 5.69 Å². The first-order chi connectivity index (χ1) is 16.6. The smallest absolute Gasteiger partial charge is 0.273 e. The minimum atomic E-state index is -0.338. The molecule has 0 fully saturated rings. The summed E-state index contributed by atoms with van der Waals surface area (Å²) in [6.45, 7) is 4.96. The number of aromatic amines is 1. The maximum Gasteiger partial charge on any atom is 0.273 e. The van der Waals surface area contributed by atoms with Crippen LogP contribution in [-0.4, -0.2) is 39.7 Å². The number of ether oxygens (including phenoxy) is 2. The highest BCUT2D eigenvalue weighted by Crippen LogP contribution is 2.45. The average Bonchev–Trinajstić information content (AvgIpc) is 3.40. The molecule has 0 bridgehead atoms. The van der Waals surface area contributed by atoms with Crippen molar-refractivity contribution in [3.05, 3.63) is 94.9 Å². The molecule has 1 unspecified atom stereocenters. The molecule has 2 aromatic heterocycles. The number of pyridine rings is 1. The summed E-state index contributed by atoms with van der Waals surface area (Å²) in [5.74, 6) is 1.21. The van der Waals surface area contributed by atoms with Crippen molar-refractivity contribution in [1.29, 1.82) is 0 Å². The minimum absolute atomic E-state index is 0.0875. The number of hydrogen-bond donors (Lipinski definition) is 1. The fourth-order valence-corrected chi connectivity index (χ4v) is 4.45. The summed E-state index contributed by atoms with van der Waals surface area (Å²) >= 11 is 0. The molecule has 0 radical (unpaired) electrons. The third-order valence-electron chi connectivity index (χ3n) is 6.09. The van der Waals surface area contributed by atoms with Crippen molar-refractivity contribution in [2.24, 2.45) is 0 Å². The first kappa shape index (κ1) is 21.7. The predicted molar refractivity (Wildman–Crippen MR) is 129 cm³/mol. The molecule has 1 amide bonds. The summed E-state index contributed by atoms with van der Waals surface area (Å²) in [5.41, 5.74) is 6.22. The predicted octanol–water partition coefficient (Wildman–Crippen LogP) is 4.93. The molecule has 34 heavy (non-hydrogen) atoms. The van der Waals surface area contributed by atoms with Crippen LogP contribution in [0.15, 0.2) is 67.0 Å². The third-order valence-corrected chi connectivity index (χ3v) is 6.09. The molecule has 0 spiro atoms. The van der Waals surface area contributed by atoms with Gasteiger partial charge in [0.05, 0.1) is 25.5 Å². The van der Waals surface area contributed by atoms with Gasteiger partial charge in [0.25, 0.3) is 5.91 Å². The Morgan fingerprint density at radius 3 is 2.50 bits per heavy atom. The van der Waals surface area contributed by atoms with E-state index in [1.807, 2.05) is 61.2 Å². The Balaban J connectivity index is 1.65. The van der Waals surface area contributed by atoms with Crippen molar-refractivity contribution in [2.75, 3.05) is 13.7 Å². The fourth-order valence-electron chi connectivity index (χ4n) is 4.45. The van der Waals surface area contributed by atoms with Gasteiger partial charge in [0, 0.05) is 30.1 Å². The Hall–Kier alpha value is -4.13. The number of carbonyl (C=O) groups is 1. The number of hydrogen-bond acceptors (Lipinski definition) is 5. The summed E-state index contributed by atoms with van der Waals surface area (Å²) in [5, 5.41) is 7.57. The van der Waals surface area contributed by atoms with E-state index in [2.05, 4.69) is 27.3 Å². The maximum atomic E-state index is 13.6. The zero-order chi connectivity index (χ0) is 23.7. The molecule has 0 saturated carbocycles. The molecule has 1 N–H and O–H groups in total. The van der Waals surface area contributed by atoms with E-state index in [0.717, 1.165) is 27.9 Å². The summed E-state index contributed by atoms with van der Waals surface area (Å²) in [6.07, 6.45) is 3.48. The molecular weight excluding hydrogens is 428 g/mol. The van der Waals surface area contributed by atoms with Gasteiger partial charge in [0.15, 0.2) is 11.5 Å². The van der Waals surface area contributed by atoms with Crippen LogP contribution in [0.4, 0.5) is 0 Å². The molecule has 4 aromatic rings. The molecule has 5 rings (SSSR count). The number of benzene rings is 2. The van der Waals surface area contributed by atoms with Crippen LogP contribution in [0.2, 0.25) is 0 Å². The van der Waals surface area contributed by atoms with Crippen molar-refractivity contribution in [3.8, 4) is 22.8 Å². The third kappa shape index (κ3) is 3.79. The van der Waals surface area contributed by atoms with Crippen LogP contribution < -0.4 is 9.47 Å². The number of H-pyrrole nitrogens is 1. The first-order valence-electron chi connectivity index (χ1n) is 11.3. The number of amides is 1. The van der Waals surface area contributed by atoms with Crippen LogP contribution >= 0.6 is 0 Å². The second kappa shape index (κ2) is 9.02. The fraction of sp³-hybridized carbons (Fsp3) is 0.222. The lowest BCUT2D eigenvalue weighted by atomic mass is 9.95. The average molecular weight is 455 g/mol. The van der Waals surface area contributed by atoms with Crippen molar-refractivity contribution in [3.63, 3.8) is 0 Å². The monoisotopic (exact) mass is 454 g/mol. The van der Waals surface area contributed by atoms with Gasteiger partial charge in [0.2, 0.25) is 0 Å². The first-order valence-corrected chi connectivity index (χ1v) is 11.3. The molecule has 3 heterocycles. The second-order valence-electron chi connectivity index (χ2n) is 8.26. The number of carbonyl (C=O) groups excluding carboxylic acids is 1. The topological polar surface area (TPSA) is 80.3 Å². The Labute approximate surface area is 198 Å². The molecule has 7 heteroatoms. The van der Waals surface area contributed by atoms with Crippen LogP contribution in [0, 0.1) is 6.92 Å². The number of methoxy groups -OCH3 is 1. The van der Waals surface area contributed by atoms with Gasteiger partial charge in [-0.1, -0.05) is 35.9 Å². The van der Waals surface area contributed by atoms with Crippen LogP contribution in [0.5, 0.6) is 11.5 Å². The molecule has 7 nitrogen and oxygen atoms in total. The van der Waals surface area contributed by atoms with Crippen molar-refractivity contribution in [1.82, 2.24) is 20.1 Å². The summed E-state index contributed by atoms with van der Waals surface area (Å²) in [7, 11) is 1.62. The molecule has 0 aliphatic carbocycles. The van der Waals surface area contributed by atoms with Gasteiger partial charge < -0.3 is 14.4 Å². The minimum Gasteiger partial charge on any atom is -0.493 e. The number of nitrogens with one attached hydrogen (secondary N) is 1. The quantitative estimate of drug-likeness (QED) is 0.428. The maximum absolute atomic E-state index is 13.6. The van der Waals surface area contributed by atoms with E-state index in [4.69, 9.17) is 9.47 Å². The van der Waals surface area contributed by atoms with Crippen molar-refractivity contribution >= 4 is 5.91 Å². The highest BCUT2D eigenvalue weighted by molar-refractivity contribution is 6.00. The van der Waals surface area contributed by atoms with E-state index in [1.54, 1.807) is 19.5 Å². The van der Waals surface area contributed by atoms with Gasteiger partial charge in [-0.15, -0.1) is 0 Å². The Morgan fingerprint density at radius 1 is 1.03 bits per heavy atom. The number of fused-ring (bicyclic) bond motifs is 1. The second-order valence-corrected chi connectivity index (χ2v) is 8.26. The zero-order valence-electron chi connectivity index (χ0n) is 19.4. The lowest BCUT2D eigenvalue weighted by Crippen LogP contribution is -2.29. The summed E-state index contributed by atoms with van der Waals surface area (Å²) in [6, 6.07) is 17.5. The molecule has 2 aromatic carbocycles. The lowest BCUT2D eigenvalue weighted by molar-refractivity contribution is 0.0730. The van der Waals surface area contributed by atoms with E-state index < -0.39 is 0 Å². The Bertz CT molecular complexity index is 1320. The van der Waals surface area contributed by atoms with Crippen LogP contribution in [0.1, 0.15) is 45.7 Å². The van der Waals surface area contributed by atoms with E-state index in [-0.39, 0.29) is 11.9 Å². The summed E-state index contributed by atoms with van der Waals surface area (Å²) < 4.78 is 11.3. The van der Waals surface area contributed by atoms with E-state index in [9.17, 15) is 4.79 Å². The number of rotatable bonds is 7. The van der Waals surface area contributed by atoms with Gasteiger partial charge in [-0.2, -0.15) is 5.10 Å². The largest absolute Gasteiger partial charge is 0.493 e. The van der Waals surface area contributed by atoms with E-state index in [1.165, 1.54) is 5.56 Å². The SMILES string of the molecule is CCOc1ccc(C2c3c(-c4ccc(C)cc4)n[nH]c3C(=O)N2Cc2ccncc2)cc1OC. The molecule has 1 atom stereocenters. The standard InChI is InChI=1S/C27H26N4O3/c1-4-34-21-10-9-20(15-22(21)33-3)26-23-24(19-7-5-17(2)6-8-19)29-30-25(23)27(32)31(26)16-18-11-13-28-14-12-18/h5-15,26H,4,16H2,1-3H3,(H,29,30). The molecule has 1 aliphatic rings. The highest BCUT2D eigenvalue weighted by Gasteiger charge is 2.42. The number of aryl methyl sites for hydroxylation is 1. The van der Waals surface area contributed by atoms with Crippen molar-refractivity contribution < 1.29 is 14.3 Å². The van der Waals surface area contributed by atoms with E-state index in [0.29, 0.717) is 30.3 Å². The van der Waals surface area contributed by atoms with Gasteiger partial charge in [-0.3, -0.25) is 14.9 Å². The Kier molecular flexibility index (Phi) is 5.76. The molecular formula is C27H26N4O3. The molecule has 0 saturated heterocycles. The number of aromatic nitrogens is 3. The van der Waals surface area contributed by atoms with Crippen LogP contribution in [-0.2, 0) is 6.54 Å². The zero-order valence-corrected chi connectivity index (χ0v) is 19.4. The highest BCUT2D eigenvalue weighted by atomic mass is 16.5. The molecule has 1 aliphatic heterocycles. The van der Waals surface area contributed by atoms with Crippen LogP contribution in [0.3, 0.4) is 0 Å². The summed E-state index contributed by atoms with van der Waals surface area (Å²) in [4.78, 5) is 19.6. The van der Waals surface area contributed by atoms with E-state index >= 15 is 0 Å². The normalized spacial score (nSPS) is 14.9. The van der Waals surface area contributed by atoms with Crippen molar-refractivity contribution in [2.45, 2.75) is 26.4 Å².